The Labute approximate surface area is 220 Å². The van der Waals surface area contributed by atoms with Crippen LogP contribution in [0.4, 0.5) is 0 Å². The van der Waals surface area contributed by atoms with E-state index >= 15 is 0 Å². The molecular weight excluding hydrogens is 380 g/mol. The number of fused-ring (bicyclic) bond motifs is 3. The van der Waals surface area contributed by atoms with Crippen LogP contribution in [0.1, 0.15) is 95.8 Å². The van der Waals surface area contributed by atoms with Crippen molar-refractivity contribution in [3.8, 4) is 11.5 Å². The van der Waals surface area contributed by atoms with Crippen LogP contribution in [0.2, 0.25) is 0 Å². The number of methoxy groups -OCH3 is 2. The first kappa shape index (κ1) is 6.16. The van der Waals surface area contributed by atoms with E-state index < -0.39 is 141 Å². The fourth-order valence-corrected chi connectivity index (χ4v) is 2.63. The monoisotopic (exact) mass is 446 g/mol. The van der Waals surface area contributed by atoms with Gasteiger partial charge in [0.15, 0.2) is 11.5 Å². The Morgan fingerprint density at radius 2 is 2.27 bits per heavy atom. The van der Waals surface area contributed by atoms with Crippen molar-refractivity contribution in [3.05, 3.63) is 23.2 Å². The number of benzene rings is 1. The molecule has 1 aromatic rings. The molecule has 2 heterocycles. The maximum Gasteiger partial charge on any atom is 0.323 e. The summed E-state index contributed by atoms with van der Waals surface area (Å²) >= 11 is 0. The third-order valence-electron chi connectivity index (χ3n) is 3.95. The quantitative estimate of drug-likeness (QED) is 0.646. The maximum atomic E-state index is 14.0. The summed E-state index contributed by atoms with van der Waals surface area (Å²) in [4.78, 5) is 13.4. The molecule has 6 nitrogen and oxygen atoms in total. The van der Waals surface area contributed by atoms with Crippen molar-refractivity contribution in [1.29, 1.82) is 0 Å². The van der Waals surface area contributed by atoms with Crippen molar-refractivity contribution in [2.45, 2.75) is 64.8 Å². The SMILES string of the molecule is [2H]c1c(OC)c(OC([2H])([2H])[2H])c([2H])c2c1C1N(C([2H])([2H])C2([2H])[2H])C([2H])([2H])C([2H])(C([2H])([2H])C([2H])(C)C([2H])([2H])[2H])C(OC(=O)[C@@]([2H])(N)C([2H])(C([2H])([2H])[2H])C([2H])([2H])[2H])C1([2H])[2H]. The Morgan fingerprint density at radius 3 is 2.97 bits per heavy atom. The van der Waals surface area contributed by atoms with Gasteiger partial charge in [-0.25, -0.2) is 0 Å². The molecule has 168 valence electrons. The van der Waals surface area contributed by atoms with Gasteiger partial charge < -0.3 is 19.9 Å². The van der Waals surface area contributed by atoms with E-state index in [4.69, 9.17) is 51.5 Å². The molecule has 4 unspecified atom stereocenters. The lowest BCUT2D eigenvalue weighted by atomic mass is 9.79. The minimum atomic E-state index is -4.65. The molecule has 2 aliphatic heterocycles. The lowest BCUT2D eigenvalue weighted by Crippen LogP contribution is -2.51. The van der Waals surface area contributed by atoms with Crippen LogP contribution in [0.25, 0.3) is 0 Å². The Balaban J connectivity index is 2.72. The van der Waals surface area contributed by atoms with Crippen LogP contribution in [-0.4, -0.2) is 50.1 Å². The van der Waals surface area contributed by atoms with E-state index in [2.05, 4.69) is 0 Å². The van der Waals surface area contributed by atoms with Gasteiger partial charge in [0.25, 0.3) is 0 Å². The molecule has 30 heavy (non-hydrogen) atoms. The third-order valence-corrected chi connectivity index (χ3v) is 3.95. The Bertz CT molecular complexity index is 1800. The van der Waals surface area contributed by atoms with Crippen molar-refractivity contribution >= 4 is 5.97 Å². The first-order valence-electron chi connectivity index (χ1n) is 22.3. The molecule has 3 rings (SSSR count). The van der Waals surface area contributed by atoms with Crippen LogP contribution >= 0.6 is 0 Å². The molecule has 0 aromatic heterocycles. The van der Waals surface area contributed by atoms with Crippen LogP contribution < -0.4 is 15.2 Å². The van der Waals surface area contributed by atoms with Crippen molar-refractivity contribution in [2.24, 2.45) is 23.4 Å². The van der Waals surface area contributed by atoms with Gasteiger partial charge in [-0.2, -0.15) is 0 Å². The minimum Gasteiger partial charge on any atom is -0.493 e. The number of carbonyl (C=O) groups is 1. The largest absolute Gasteiger partial charge is 0.493 e. The number of hydrogen-bond acceptors (Lipinski definition) is 6. The molecule has 0 aliphatic carbocycles. The highest BCUT2D eigenvalue weighted by molar-refractivity contribution is 5.76. The molecule has 0 amide bonds. The van der Waals surface area contributed by atoms with Crippen molar-refractivity contribution in [1.82, 2.24) is 4.90 Å². The maximum absolute atomic E-state index is 14.0. The normalized spacial score (nSPS) is 53.3. The lowest BCUT2D eigenvalue weighted by molar-refractivity contribution is -0.160. The second-order valence-corrected chi connectivity index (χ2v) is 6.03. The molecule has 1 saturated heterocycles. The van der Waals surface area contributed by atoms with Gasteiger partial charge >= 0.3 is 5.97 Å². The molecule has 0 radical (unpaired) electrons. The first-order chi connectivity index (χ1) is 25.1. The molecule has 1 fully saturated rings. The molecule has 0 spiro atoms. The lowest BCUT2D eigenvalue weighted by Gasteiger charge is -2.47. The average molecular weight is 447 g/mol. The number of hydrogen-bond donors (Lipinski definition) is 1. The smallest absolute Gasteiger partial charge is 0.323 e. The van der Waals surface area contributed by atoms with Gasteiger partial charge in [-0.1, -0.05) is 27.5 Å². The number of nitrogens with zero attached hydrogens (tertiary/aromatic N) is 1. The summed E-state index contributed by atoms with van der Waals surface area (Å²) < 4.78 is 250. The third kappa shape index (κ3) is 4.75. The van der Waals surface area contributed by atoms with Gasteiger partial charge in [-0.3, -0.25) is 9.69 Å². The summed E-state index contributed by atoms with van der Waals surface area (Å²) in [5.41, 5.74) is 2.87. The summed E-state index contributed by atoms with van der Waals surface area (Å²) in [5, 5.41) is 0. The molecule has 0 bridgehead atoms. The fraction of sp³-hybridized carbons (Fsp3) is 0.708. The van der Waals surface area contributed by atoms with E-state index in [1.54, 1.807) is 0 Å². The number of piperidine rings is 1. The summed E-state index contributed by atoms with van der Waals surface area (Å²) in [5.74, 6) is -18.0. The zero-order valence-electron chi connectivity index (χ0n) is 43.8. The molecule has 6 heteroatoms. The summed E-state index contributed by atoms with van der Waals surface area (Å²) in [6.07, 6.45) is -16.5. The van der Waals surface area contributed by atoms with Gasteiger partial charge in [-0.15, -0.1) is 0 Å². The van der Waals surface area contributed by atoms with Gasteiger partial charge in [0.1, 0.15) is 12.1 Å². The highest BCUT2D eigenvalue weighted by Gasteiger charge is 2.41. The second-order valence-electron chi connectivity index (χ2n) is 6.03. The Kier molecular flexibility index (Phi) is 1.97. The number of rotatable bonds is 7. The van der Waals surface area contributed by atoms with Crippen molar-refractivity contribution < 1.29 is 57.4 Å². The highest BCUT2D eigenvalue weighted by Crippen LogP contribution is 2.44. The number of nitrogens with two attached hydrogens (primary N) is 1. The van der Waals surface area contributed by atoms with E-state index in [0.717, 1.165) is 7.11 Å². The van der Waals surface area contributed by atoms with Gasteiger partial charge in [-0.05, 0) is 47.7 Å². The van der Waals surface area contributed by atoms with Crippen molar-refractivity contribution in [2.75, 3.05) is 27.1 Å². The standard InChI is InChI=1S/C24H38N2O4/c1-14(2)9-17-13-26-8-7-16-10-21(28-5)22(29-6)11-18(16)19(26)12-20(17)30-24(27)23(25)15(3)4/h10-11,14-15,17,19-20,23H,7-9,12-13,25H2,1-6H3/t17?,19?,20?,23-/m0/s1/i1D3,3D3,4D3,5D3,7D2,8D2,9D2,10D,11D,12D2,13D2,14D,15D,17D,23D/t14?,17?,19?,20?,23-. The topological polar surface area (TPSA) is 74.0 Å². The molecule has 1 aromatic carbocycles. The van der Waals surface area contributed by atoms with E-state index in [-0.39, 0.29) is 6.92 Å². The predicted octanol–water partition coefficient (Wildman–Crippen LogP) is 3.56. The van der Waals surface area contributed by atoms with Crippen LogP contribution in [0, 0.1) is 17.7 Å². The van der Waals surface area contributed by atoms with Gasteiger partial charge in [0.05, 0.1) is 22.4 Å². The average Bonchev–Trinajstić information content (AvgIpc) is 2.98. The Hall–Kier alpha value is -1.79. The summed E-state index contributed by atoms with van der Waals surface area (Å²) in [6, 6.07) is -10.3. The van der Waals surface area contributed by atoms with Gasteiger partial charge in [0, 0.05) is 61.5 Å². The van der Waals surface area contributed by atoms with Crippen LogP contribution in [0.3, 0.4) is 0 Å². The second kappa shape index (κ2) is 9.56. The molecular formula is C24H38N2O4. The molecule has 2 aliphatic rings. The minimum absolute atomic E-state index is 0.258. The molecule has 2 N–H and O–H groups in total. The van der Waals surface area contributed by atoms with E-state index in [0.29, 0.717) is 0 Å². The van der Waals surface area contributed by atoms with Crippen molar-refractivity contribution in [3.63, 3.8) is 0 Å². The van der Waals surface area contributed by atoms with Crippen LogP contribution in [0.15, 0.2) is 12.1 Å². The molecule has 0 saturated carbocycles. The van der Waals surface area contributed by atoms with E-state index in [1.807, 2.05) is 0 Å². The molecule has 5 atom stereocenters. The zero-order chi connectivity index (χ0) is 46.4. The fourth-order valence-electron chi connectivity index (χ4n) is 2.63. The summed E-state index contributed by atoms with van der Waals surface area (Å²) in [6.45, 7) is -20.9. The first-order valence-corrected chi connectivity index (χ1v) is 8.31. The van der Waals surface area contributed by atoms with E-state index in [1.165, 1.54) is 0 Å². The number of carbonyl (C=O) groups excluding carboxylic acids is 1. The van der Waals surface area contributed by atoms with Gasteiger partial charge in [0.2, 0.25) is 0 Å². The van der Waals surface area contributed by atoms with E-state index in [9.17, 15) is 11.6 Å². The Morgan fingerprint density at radius 1 is 1.47 bits per heavy atom. The number of esters is 1. The van der Waals surface area contributed by atoms with Crippen LogP contribution in [0.5, 0.6) is 11.5 Å². The predicted molar refractivity (Wildman–Crippen MR) is 118 cm³/mol. The number of ether oxygens (including phenoxy) is 3. The summed E-state index contributed by atoms with van der Waals surface area (Å²) in [7, 11) is -2.72. The zero-order valence-corrected chi connectivity index (χ0v) is 15.8. The highest BCUT2D eigenvalue weighted by atomic mass is 16.5. The van der Waals surface area contributed by atoms with Crippen LogP contribution in [-0.2, 0) is 15.9 Å².